The monoisotopic (exact) mass is 355 g/mol. The van der Waals surface area contributed by atoms with E-state index < -0.39 is 0 Å². The van der Waals surface area contributed by atoms with Gasteiger partial charge in [0.05, 0.1) is 9.90 Å². The molecule has 0 spiro atoms. The second-order valence-corrected chi connectivity index (χ2v) is 5.20. The molecule has 94 valence electrons. The molecule has 1 heterocycles. The van der Waals surface area contributed by atoms with E-state index in [0.29, 0.717) is 16.7 Å². The summed E-state index contributed by atoms with van der Waals surface area (Å²) in [6, 6.07) is 8.16. The van der Waals surface area contributed by atoms with Crippen LogP contribution in [0.1, 0.15) is 5.56 Å². The zero-order valence-corrected chi connectivity index (χ0v) is 12.2. The molecule has 1 aromatic heterocycles. The Morgan fingerprint density at radius 3 is 3.06 bits per heavy atom. The standard InChI is InChI=1S/C13H14IN3O/c1-10-3-2-4-11(7-10)16-5-6-17-9-15-8-12(14)13(17)18/h2-4,7-9,16H,5-6H2,1H3. The molecule has 0 saturated carbocycles. The molecule has 0 unspecified atom stereocenters. The molecule has 5 heteroatoms. The average molecular weight is 355 g/mol. The van der Waals surface area contributed by atoms with Gasteiger partial charge in [-0.25, -0.2) is 4.98 Å². The highest BCUT2D eigenvalue weighted by molar-refractivity contribution is 14.1. The van der Waals surface area contributed by atoms with Crippen LogP contribution in [0.5, 0.6) is 0 Å². The third-order valence-corrected chi connectivity index (χ3v) is 3.30. The first-order valence-corrected chi connectivity index (χ1v) is 6.75. The second kappa shape index (κ2) is 5.99. The van der Waals surface area contributed by atoms with E-state index in [-0.39, 0.29) is 5.56 Å². The molecule has 0 atom stereocenters. The van der Waals surface area contributed by atoms with Gasteiger partial charge < -0.3 is 5.32 Å². The lowest BCUT2D eigenvalue weighted by atomic mass is 10.2. The van der Waals surface area contributed by atoms with Gasteiger partial charge in [-0.1, -0.05) is 12.1 Å². The first-order valence-electron chi connectivity index (χ1n) is 5.67. The van der Waals surface area contributed by atoms with Crippen molar-refractivity contribution in [3.63, 3.8) is 0 Å². The maximum absolute atomic E-state index is 11.8. The molecular weight excluding hydrogens is 341 g/mol. The molecule has 0 fully saturated rings. The summed E-state index contributed by atoms with van der Waals surface area (Å²) in [6.45, 7) is 3.36. The van der Waals surface area contributed by atoms with Crippen molar-refractivity contribution in [2.75, 3.05) is 11.9 Å². The maximum atomic E-state index is 11.8. The quantitative estimate of drug-likeness (QED) is 0.856. The number of hydrogen-bond donors (Lipinski definition) is 1. The third kappa shape index (κ3) is 3.32. The summed E-state index contributed by atoms with van der Waals surface area (Å²) in [4.78, 5) is 15.8. The van der Waals surface area contributed by atoms with Crippen LogP contribution in [-0.2, 0) is 6.54 Å². The van der Waals surface area contributed by atoms with Crippen LogP contribution in [-0.4, -0.2) is 16.1 Å². The van der Waals surface area contributed by atoms with Gasteiger partial charge in [0.25, 0.3) is 5.56 Å². The number of anilines is 1. The highest BCUT2D eigenvalue weighted by atomic mass is 127. The molecule has 0 saturated heterocycles. The van der Waals surface area contributed by atoms with Crippen LogP contribution in [0.15, 0.2) is 41.6 Å². The van der Waals surface area contributed by atoms with E-state index >= 15 is 0 Å². The summed E-state index contributed by atoms with van der Waals surface area (Å²) in [5, 5.41) is 3.29. The zero-order valence-electron chi connectivity index (χ0n) is 10.1. The Morgan fingerprint density at radius 1 is 1.44 bits per heavy atom. The van der Waals surface area contributed by atoms with Crippen molar-refractivity contribution in [3.8, 4) is 0 Å². The summed E-state index contributed by atoms with van der Waals surface area (Å²) < 4.78 is 2.26. The van der Waals surface area contributed by atoms with Crippen LogP contribution in [0.2, 0.25) is 0 Å². The summed E-state index contributed by atoms with van der Waals surface area (Å²) in [6.07, 6.45) is 3.15. The van der Waals surface area contributed by atoms with Crippen LogP contribution in [0, 0.1) is 10.5 Å². The van der Waals surface area contributed by atoms with Crippen molar-refractivity contribution in [3.05, 3.63) is 56.3 Å². The van der Waals surface area contributed by atoms with Crippen LogP contribution in [0.3, 0.4) is 0 Å². The van der Waals surface area contributed by atoms with Gasteiger partial charge in [0.15, 0.2) is 0 Å². The van der Waals surface area contributed by atoms with E-state index in [1.54, 1.807) is 17.1 Å². The normalized spacial score (nSPS) is 10.3. The number of hydrogen-bond acceptors (Lipinski definition) is 3. The molecule has 0 bridgehead atoms. The van der Waals surface area contributed by atoms with E-state index in [2.05, 4.69) is 29.4 Å². The molecule has 2 rings (SSSR count). The van der Waals surface area contributed by atoms with Crippen LogP contribution < -0.4 is 10.9 Å². The lowest BCUT2D eigenvalue weighted by molar-refractivity contribution is 0.676. The molecule has 1 aromatic carbocycles. The number of halogens is 1. The molecule has 1 N–H and O–H groups in total. The van der Waals surface area contributed by atoms with E-state index in [4.69, 9.17) is 0 Å². The van der Waals surface area contributed by atoms with Crippen molar-refractivity contribution in [2.45, 2.75) is 13.5 Å². The minimum atomic E-state index is 0.0108. The molecule has 18 heavy (non-hydrogen) atoms. The Kier molecular flexibility index (Phi) is 4.35. The Labute approximate surface area is 119 Å². The van der Waals surface area contributed by atoms with E-state index in [1.165, 1.54) is 5.56 Å². The van der Waals surface area contributed by atoms with E-state index in [1.807, 2.05) is 34.7 Å². The first kappa shape index (κ1) is 13.1. The Hall–Kier alpha value is -1.37. The van der Waals surface area contributed by atoms with Gasteiger partial charge in [-0.05, 0) is 47.2 Å². The Bertz CT molecular complexity index is 595. The molecule has 0 amide bonds. The summed E-state index contributed by atoms with van der Waals surface area (Å²) in [7, 11) is 0. The van der Waals surface area contributed by atoms with Crippen molar-refractivity contribution < 1.29 is 0 Å². The highest BCUT2D eigenvalue weighted by Crippen LogP contribution is 2.08. The molecule has 0 aliphatic heterocycles. The predicted molar refractivity (Wildman–Crippen MR) is 80.9 cm³/mol. The molecule has 0 aliphatic carbocycles. The number of nitrogens with one attached hydrogen (secondary N) is 1. The molecule has 0 radical (unpaired) electrons. The first-order chi connectivity index (χ1) is 8.66. The number of aromatic nitrogens is 2. The van der Waals surface area contributed by atoms with Gasteiger partial charge in [0, 0.05) is 25.0 Å². The van der Waals surface area contributed by atoms with Crippen molar-refractivity contribution in [1.29, 1.82) is 0 Å². The van der Waals surface area contributed by atoms with Gasteiger partial charge >= 0.3 is 0 Å². The van der Waals surface area contributed by atoms with Gasteiger partial charge in [-0.3, -0.25) is 9.36 Å². The Morgan fingerprint density at radius 2 is 2.28 bits per heavy atom. The molecule has 0 aliphatic rings. The minimum absolute atomic E-state index is 0.0108. The smallest absolute Gasteiger partial charge is 0.266 e. The fraction of sp³-hybridized carbons (Fsp3) is 0.231. The average Bonchev–Trinajstić information content (AvgIpc) is 2.35. The number of nitrogens with zero attached hydrogens (tertiary/aromatic N) is 2. The van der Waals surface area contributed by atoms with Gasteiger partial charge in [0.1, 0.15) is 0 Å². The van der Waals surface area contributed by atoms with Crippen LogP contribution >= 0.6 is 22.6 Å². The molecular formula is C13H14IN3O. The molecule has 2 aromatic rings. The topological polar surface area (TPSA) is 46.9 Å². The fourth-order valence-corrected chi connectivity index (χ4v) is 2.13. The minimum Gasteiger partial charge on any atom is -0.383 e. The molecule has 4 nitrogen and oxygen atoms in total. The second-order valence-electron chi connectivity index (χ2n) is 4.04. The van der Waals surface area contributed by atoms with E-state index in [0.717, 1.165) is 5.69 Å². The third-order valence-electron chi connectivity index (χ3n) is 2.56. The van der Waals surface area contributed by atoms with Gasteiger partial charge in [-0.2, -0.15) is 0 Å². The van der Waals surface area contributed by atoms with E-state index in [9.17, 15) is 4.79 Å². The van der Waals surface area contributed by atoms with Gasteiger partial charge in [0.2, 0.25) is 0 Å². The largest absolute Gasteiger partial charge is 0.383 e. The Balaban J connectivity index is 1.97. The maximum Gasteiger partial charge on any atom is 0.266 e. The number of rotatable bonds is 4. The number of aryl methyl sites for hydroxylation is 1. The summed E-state index contributed by atoms with van der Waals surface area (Å²) in [5.41, 5.74) is 2.30. The number of benzene rings is 1. The zero-order chi connectivity index (χ0) is 13.0. The van der Waals surface area contributed by atoms with Crippen LogP contribution in [0.25, 0.3) is 0 Å². The summed E-state index contributed by atoms with van der Waals surface area (Å²) in [5.74, 6) is 0. The lowest BCUT2D eigenvalue weighted by Crippen LogP contribution is -2.25. The SMILES string of the molecule is Cc1cccc(NCCn2cncc(I)c2=O)c1. The van der Waals surface area contributed by atoms with Crippen molar-refractivity contribution >= 4 is 28.3 Å². The van der Waals surface area contributed by atoms with Crippen molar-refractivity contribution in [2.24, 2.45) is 0 Å². The van der Waals surface area contributed by atoms with Gasteiger partial charge in [-0.15, -0.1) is 0 Å². The predicted octanol–water partition coefficient (Wildman–Crippen LogP) is 2.27. The highest BCUT2D eigenvalue weighted by Gasteiger charge is 2.00. The van der Waals surface area contributed by atoms with Crippen molar-refractivity contribution in [1.82, 2.24) is 9.55 Å². The summed E-state index contributed by atoms with van der Waals surface area (Å²) >= 11 is 2.00. The fourth-order valence-electron chi connectivity index (χ4n) is 1.66. The lowest BCUT2D eigenvalue weighted by Gasteiger charge is -2.08. The van der Waals surface area contributed by atoms with Crippen LogP contribution in [0.4, 0.5) is 5.69 Å².